The van der Waals surface area contributed by atoms with E-state index in [2.05, 4.69) is 58.3 Å². The predicted octanol–water partition coefficient (Wildman–Crippen LogP) is 2.81. The Balaban J connectivity index is 1.49. The van der Waals surface area contributed by atoms with Crippen molar-refractivity contribution in [1.82, 2.24) is 19.6 Å². The number of piperazine rings is 1. The van der Waals surface area contributed by atoms with Gasteiger partial charge in [-0.3, -0.25) is 9.58 Å². The molecule has 5 nitrogen and oxygen atoms in total. The topological polar surface area (TPSA) is 36.3 Å². The van der Waals surface area contributed by atoms with E-state index < -0.39 is 0 Å². The molecule has 25 heavy (non-hydrogen) atoms. The van der Waals surface area contributed by atoms with Gasteiger partial charge in [-0.15, -0.1) is 0 Å². The van der Waals surface area contributed by atoms with E-state index in [1.54, 1.807) is 0 Å². The Kier molecular flexibility index (Phi) is 5.71. The highest BCUT2D eigenvalue weighted by Crippen LogP contribution is 2.14. The smallest absolute Gasteiger partial charge is 0.173 e. The van der Waals surface area contributed by atoms with Crippen LogP contribution in [0.15, 0.2) is 30.5 Å². The van der Waals surface area contributed by atoms with E-state index in [-0.39, 0.29) is 0 Å². The van der Waals surface area contributed by atoms with Crippen molar-refractivity contribution in [2.24, 2.45) is 7.05 Å². The summed E-state index contributed by atoms with van der Waals surface area (Å²) in [4.78, 5) is 4.73. The zero-order valence-electron chi connectivity index (χ0n) is 15.3. The van der Waals surface area contributed by atoms with Gasteiger partial charge in [0.25, 0.3) is 0 Å². The quantitative estimate of drug-likeness (QED) is 0.852. The number of thiocarbonyl (C=S) groups is 1. The molecule has 6 heteroatoms. The number of anilines is 1. The molecule has 0 atom stereocenters. The second-order valence-electron chi connectivity index (χ2n) is 6.62. The first-order valence-corrected chi connectivity index (χ1v) is 9.32. The van der Waals surface area contributed by atoms with Crippen LogP contribution in [0.1, 0.15) is 23.7 Å². The van der Waals surface area contributed by atoms with Crippen molar-refractivity contribution in [3.05, 3.63) is 47.3 Å². The van der Waals surface area contributed by atoms with Crippen molar-refractivity contribution in [2.45, 2.75) is 26.8 Å². The summed E-state index contributed by atoms with van der Waals surface area (Å²) in [6, 6.07) is 8.51. The van der Waals surface area contributed by atoms with E-state index in [4.69, 9.17) is 12.2 Å². The molecule has 1 saturated heterocycles. The number of rotatable bonds is 4. The molecule has 1 N–H and O–H groups in total. The first kappa shape index (κ1) is 17.9. The Bertz CT molecular complexity index is 714. The van der Waals surface area contributed by atoms with E-state index in [0.29, 0.717) is 0 Å². The van der Waals surface area contributed by atoms with Crippen molar-refractivity contribution in [3.63, 3.8) is 0 Å². The monoisotopic (exact) mass is 357 g/mol. The molecule has 1 aliphatic heterocycles. The lowest BCUT2D eigenvalue weighted by molar-refractivity contribution is 0.176. The first-order chi connectivity index (χ1) is 12.1. The van der Waals surface area contributed by atoms with Crippen LogP contribution in [0.2, 0.25) is 0 Å². The number of hydrogen-bond acceptors (Lipinski definition) is 3. The lowest BCUT2D eigenvalue weighted by Crippen LogP contribution is -2.49. The fourth-order valence-electron chi connectivity index (χ4n) is 3.08. The highest BCUT2D eigenvalue weighted by Gasteiger charge is 2.20. The lowest BCUT2D eigenvalue weighted by atomic mass is 10.1. The van der Waals surface area contributed by atoms with Gasteiger partial charge in [-0.05, 0) is 43.3 Å². The van der Waals surface area contributed by atoms with Crippen LogP contribution >= 0.6 is 12.2 Å². The maximum atomic E-state index is 5.59. The third-order valence-corrected chi connectivity index (χ3v) is 5.36. The van der Waals surface area contributed by atoms with E-state index in [1.165, 1.54) is 16.8 Å². The average Bonchev–Trinajstić information content (AvgIpc) is 2.95. The summed E-state index contributed by atoms with van der Waals surface area (Å²) < 4.78 is 1.94. The molecule has 0 saturated carbocycles. The number of benzene rings is 1. The molecule has 0 spiro atoms. The van der Waals surface area contributed by atoms with E-state index >= 15 is 0 Å². The zero-order valence-corrected chi connectivity index (χ0v) is 16.1. The minimum atomic E-state index is 0.821. The van der Waals surface area contributed by atoms with Gasteiger partial charge in [0.05, 0.1) is 6.20 Å². The van der Waals surface area contributed by atoms with Crippen LogP contribution in [0, 0.1) is 6.92 Å². The molecule has 2 heterocycles. The van der Waals surface area contributed by atoms with Crippen LogP contribution in [0.4, 0.5) is 5.69 Å². The molecule has 0 bridgehead atoms. The molecule has 1 aliphatic rings. The van der Waals surface area contributed by atoms with Gasteiger partial charge < -0.3 is 10.2 Å². The van der Waals surface area contributed by atoms with E-state index in [9.17, 15) is 0 Å². The van der Waals surface area contributed by atoms with Gasteiger partial charge in [0.1, 0.15) is 0 Å². The Hall–Kier alpha value is -1.92. The Morgan fingerprint density at radius 1 is 1.16 bits per heavy atom. The second kappa shape index (κ2) is 7.97. The molecule has 2 aromatic rings. The second-order valence-corrected chi connectivity index (χ2v) is 7.01. The molecule has 0 radical (unpaired) electrons. The van der Waals surface area contributed by atoms with Gasteiger partial charge in [0.15, 0.2) is 5.11 Å². The molecule has 1 aromatic carbocycles. The summed E-state index contributed by atoms with van der Waals surface area (Å²) in [7, 11) is 1.99. The van der Waals surface area contributed by atoms with Gasteiger partial charge in [0, 0.05) is 56.7 Å². The maximum absolute atomic E-state index is 5.59. The van der Waals surface area contributed by atoms with Crippen molar-refractivity contribution < 1.29 is 0 Å². The third-order valence-electron chi connectivity index (χ3n) is 5.00. The fourth-order valence-corrected chi connectivity index (χ4v) is 3.38. The SMILES string of the molecule is CCc1ccc(NC(=S)N2CCN(Cc3cnn(C)c3C)CC2)cc1. The molecule has 3 rings (SSSR count). The predicted molar refractivity (Wildman–Crippen MR) is 107 cm³/mol. The minimum absolute atomic E-state index is 0.821. The number of nitrogens with zero attached hydrogens (tertiary/aromatic N) is 4. The zero-order chi connectivity index (χ0) is 17.8. The molecular formula is C19H27N5S. The molecule has 0 aliphatic carbocycles. The number of nitrogens with one attached hydrogen (secondary N) is 1. The van der Waals surface area contributed by atoms with Crippen LogP contribution in [0.25, 0.3) is 0 Å². The number of aryl methyl sites for hydroxylation is 2. The van der Waals surface area contributed by atoms with Crippen LogP contribution in [-0.2, 0) is 20.0 Å². The highest BCUT2D eigenvalue weighted by atomic mass is 32.1. The van der Waals surface area contributed by atoms with Crippen molar-refractivity contribution in [2.75, 3.05) is 31.5 Å². The highest BCUT2D eigenvalue weighted by molar-refractivity contribution is 7.80. The Labute approximate surface area is 155 Å². The summed E-state index contributed by atoms with van der Waals surface area (Å²) in [5.41, 5.74) is 4.97. The molecular weight excluding hydrogens is 330 g/mol. The first-order valence-electron chi connectivity index (χ1n) is 8.91. The summed E-state index contributed by atoms with van der Waals surface area (Å²) in [5, 5.41) is 8.52. The summed E-state index contributed by atoms with van der Waals surface area (Å²) in [6.07, 6.45) is 3.04. The van der Waals surface area contributed by atoms with Crippen molar-refractivity contribution in [1.29, 1.82) is 0 Å². The van der Waals surface area contributed by atoms with Gasteiger partial charge in [0.2, 0.25) is 0 Å². The molecule has 0 unspecified atom stereocenters. The normalized spacial score (nSPS) is 15.4. The van der Waals surface area contributed by atoms with Gasteiger partial charge >= 0.3 is 0 Å². The van der Waals surface area contributed by atoms with Crippen molar-refractivity contribution in [3.8, 4) is 0 Å². The molecule has 1 fully saturated rings. The molecule has 1 aromatic heterocycles. The summed E-state index contributed by atoms with van der Waals surface area (Å²) in [6.45, 7) is 9.21. The van der Waals surface area contributed by atoms with Crippen LogP contribution in [0.5, 0.6) is 0 Å². The van der Waals surface area contributed by atoms with Crippen LogP contribution in [-0.4, -0.2) is 50.9 Å². The average molecular weight is 358 g/mol. The van der Waals surface area contributed by atoms with E-state index in [1.807, 2.05) is 17.9 Å². The van der Waals surface area contributed by atoms with Crippen LogP contribution in [0.3, 0.4) is 0 Å². The Morgan fingerprint density at radius 2 is 1.84 bits per heavy atom. The van der Waals surface area contributed by atoms with Crippen LogP contribution < -0.4 is 5.32 Å². The number of aromatic nitrogens is 2. The van der Waals surface area contributed by atoms with Gasteiger partial charge in [-0.1, -0.05) is 19.1 Å². The number of hydrogen-bond donors (Lipinski definition) is 1. The fraction of sp³-hybridized carbons (Fsp3) is 0.474. The lowest BCUT2D eigenvalue weighted by Gasteiger charge is -2.36. The van der Waals surface area contributed by atoms with E-state index in [0.717, 1.165) is 49.9 Å². The van der Waals surface area contributed by atoms with Gasteiger partial charge in [-0.2, -0.15) is 5.10 Å². The Morgan fingerprint density at radius 3 is 2.40 bits per heavy atom. The van der Waals surface area contributed by atoms with Crippen molar-refractivity contribution >= 4 is 23.0 Å². The third kappa shape index (κ3) is 4.38. The summed E-state index contributed by atoms with van der Waals surface area (Å²) in [5.74, 6) is 0. The van der Waals surface area contributed by atoms with Gasteiger partial charge in [-0.25, -0.2) is 0 Å². The molecule has 0 amide bonds. The largest absolute Gasteiger partial charge is 0.346 e. The maximum Gasteiger partial charge on any atom is 0.173 e. The molecule has 134 valence electrons. The standard InChI is InChI=1S/C19H27N5S/c1-4-16-5-7-18(8-6-16)21-19(25)24-11-9-23(10-12-24)14-17-13-20-22(3)15(17)2/h5-8,13H,4,9-12,14H2,1-3H3,(H,21,25). The summed E-state index contributed by atoms with van der Waals surface area (Å²) >= 11 is 5.59. The minimum Gasteiger partial charge on any atom is -0.346 e.